The lowest BCUT2D eigenvalue weighted by Crippen LogP contribution is -2.36. The molecule has 34 heavy (non-hydrogen) atoms. The van der Waals surface area contributed by atoms with E-state index < -0.39 is 0 Å². The minimum Gasteiger partial charge on any atom is -0.378 e. The number of nitrogens with one attached hydrogen (secondary N) is 3. The first kappa shape index (κ1) is 20.4. The third-order valence-corrected chi connectivity index (χ3v) is 6.04. The van der Waals surface area contributed by atoms with Crippen LogP contribution in [0.4, 0.5) is 11.4 Å². The van der Waals surface area contributed by atoms with Gasteiger partial charge >= 0.3 is 0 Å². The highest BCUT2D eigenvalue weighted by Gasteiger charge is 2.19. The molecular weight excluding hydrogens is 430 g/mol. The van der Waals surface area contributed by atoms with Crippen LogP contribution >= 0.6 is 0 Å². The molecule has 5 aromatic rings. The van der Waals surface area contributed by atoms with Crippen LogP contribution < -0.4 is 15.8 Å². The SMILES string of the molecule is O=c1[nH]c2ccccc2c(NCc2ncccn2)c1-c1nc2ccc(N3CCOCC3)cc2[nH]1. The molecule has 9 heteroatoms. The number of ether oxygens (including phenoxy) is 1. The minimum absolute atomic E-state index is 0.220. The number of aromatic nitrogens is 5. The highest BCUT2D eigenvalue weighted by atomic mass is 16.5. The topological polar surface area (TPSA) is 112 Å². The fraction of sp³-hybridized carbons (Fsp3) is 0.200. The van der Waals surface area contributed by atoms with Gasteiger partial charge in [-0.2, -0.15) is 0 Å². The number of H-pyrrole nitrogens is 2. The van der Waals surface area contributed by atoms with E-state index in [9.17, 15) is 4.79 Å². The Morgan fingerprint density at radius 3 is 2.65 bits per heavy atom. The first-order chi connectivity index (χ1) is 16.8. The van der Waals surface area contributed by atoms with Gasteiger partial charge in [0, 0.05) is 36.6 Å². The Balaban J connectivity index is 1.45. The summed E-state index contributed by atoms with van der Waals surface area (Å²) >= 11 is 0. The minimum atomic E-state index is -0.220. The molecule has 0 aliphatic carbocycles. The zero-order chi connectivity index (χ0) is 22.9. The smallest absolute Gasteiger partial charge is 0.261 e. The molecule has 1 aliphatic heterocycles. The fourth-order valence-corrected chi connectivity index (χ4v) is 4.38. The summed E-state index contributed by atoms with van der Waals surface area (Å²) in [5, 5.41) is 4.28. The van der Waals surface area contributed by atoms with Gasteiger partial charge in [-0.25, -0.2) is 15.0 Å². The predicted molar refractivity (Wildman–Crippen MR) is 132 cm³/mol. The Morgan fingerprint density at radius 1 is 0.971 bits per heavy atom. The Morgan fingerprint density at radius 2 is 1.79 bits per heavy atom. The maximum Gasteiger partial charge on any atom is 0.261 e. The Labute approximate surface area is 194 Å². The van der Waals surface area contributed by atoms with Crippen molar-refractivity contribution in [3.05, 3.63) is 77.1 Å². The van der Waals surface area contributed by atoms with Crippen LogP contribution in [-0.4, -0.2) is 51.2 Å². The lowest BCUT2D eigenvalue weighted by atomic mass is 10.1. The van der Waals surface area contributed by atoms with Crippen molar-refractivity contribution in [2.45, 2.75) is 6.54 Å². The lowest BCUT2D eigenvalue weighted by Gasteiger charge is -2.28. The number of anilines is 2. The van der Waals surface area contributed by atoms with Gasteiger partial charge in [0.1, 0.15) is 17.2 Å². The van der Waals surface area contributed by atoms with Crippen LogP contribution in [0, 0.1) is 0 Å². The summed E-state index contributed by atoms with van der Waals surface area (Å²) in [6.07, 6.45) is 3.40. The molecule has 0 amide bonds. The van der Waals surface area contributed by atoms with Gasteiger partial charge in [0.05, 0.1) is 42.0 Å². The summed E-state index contributed by atoms with van der Waals surface area (Å²) in [6.45, 7) is 3.53. The van der Waals surface area contributed by atoms with Crippen molar-refractivity contribution in [3.8, 4) is 11.4 Å². The van der Waals surface area contributed by atoms with Gasteiger partial charge in [-0.05, 0) is 30.3 Å². The monoisotopic (exact) mass is 453 g/mol. The fourth-order valence-electron chi connectivity index (χ4n) is 4.38. The van der Waals surface area contributed by atoms with E-state index in [0.29, 0.717) is 29.4 Å². The highest BCUT2D eigenvalue weighted by Crippen LogP contribution is 2.32. The lowest BCUT2D eigenvalue weighted by molar-refractivity contribution is 0.122. The Hall–Kier alpha value is -4.24. The number of imidazole rings is 1. The zero-order valence-corrected chi connectivity index (χ0v) is 18.4. The van der Waals surface area contributed by atoms with E-state index >= 15 is 0 Å². The number of para-hydroxylation sites is 1. The van der Waals surface area contributed by atoms with Crippen molar-refractivity contribution in [2.24, 2.45) is 0 Å². The molecule has 6 rings (SSSR count). The molecule has 1 aliphatic rings. The van der Waals surface area contributed by atoms with Gasteiger partial charge in [0.15, 0.2) is 0 Å². The van der Waals surface area contributed by atoms with Crippen LogP contribution in [0.3, 0.4) is 0 Å². The number of morpholine rings is 1. The number of pyridine rings is 1. The second kappa shape index (κ2) is 8.60. The largest absolute Gasteiger partial charge is 0.378 e. The average Bonchev–Trinajstić information content (AvgIpc) is 3.31. The third-order valence-electron chi connectivity index (χ3n) is 6.04. The normalized spacial score (nSPS) is 14.1. The second-order valence-corrected chi connectivity index (χ2v) is 8.15. The van der Waals surface area contributed by atoms with Crippen molar-refractivity contribution in [1.29, 1.82) is 0 Å². The number of hydrogen-bond acceptors (Lipinski definition) is 7. The van der Waals surface area contributed by atoms with Gasteiger partial charge in [-0.15, -0.1) is 0 Å². The number of hydrogen-bond donors (Lipinski definition) is 3. The van der Waals surface area contributed by atoms with Crippen molar-refractivity contribution in [3.63, 3.8) is 0 Å². The predicted octanol–water partition coefficient (Wildman–Crippen LogP) is 3.31. The average molecular weight is 454 g/mol. The molecule has 0 unspecified atom stereocenters. The summed E-state index contributed by atoms with van der Waals surface area (Å²) < 4.78 is 5.47. The molecule has 0 spiro atoms. The van der Waals surface area contributed by atoms with E-state index in [-0.39, 0.29) is 5.56 Å². The van der Waals surface area contributed by atoms with Crippen LogP contribution in [0.15, 0.2) is 65.7 Å². The highest BCUT2D eigenvalue weighted by molar-refractivity contribution is 5.99. The molecule has 0 radical (unpaired) electrons. The second-order valence-electron chi connectivity index (χ2n) is 8.15. The Bertz CT molecular complexity index is 1520. The number of benzene rings is 2. The standard InChI is InChI=1S/C25H23N7O2/c33-25-22(24-29-19-7-6-16(14-20(19)30-24)32-10-12-34-13-11-32)23(17-4-1-2-5-18(17)31-25)28-15-21-26-8-3-9-27-21/h1-9,14H,10-13,15H2,(H,29,30)(H2,28,31,33). The number of nitrogens with zero attached hydrogens (tertiary/aromatic N) is 4. The molecular formula is C25H23N7O2. The first-order valence-corrected chi connectivity index (χ1v) is 11.2. The molecule has 2 aromatic carbocycles. The van der Waals surface area contributed by atoms with Gasteiger partial charge in [0.2, 0.25) is 0 Å². The third kappa shape index (κ3) is 3.75. The van der Waals surface area contributed by atoms with E-state index in [0.717, 1.165) is 53.9 Å². The van der Waals surface area contributed by atoms with E-state index in [4.69, 9.17) is 9.72 Å². The van der Waals surface area contributed by atoms with Gasteiger partial charge < -0.3 is 24.9 Å². The zero-order valence-electron chi connectivity index (χ0n) is 18.4. The summed E-state index contributed by atoms with van der Waals surface area (Å²) in [6, 6.07) is 15.6. The van der Waals surface area contributed by atoms with Gasteiger partial charge in [0.25, 0.3) is 5.56 Å². The van der Waals surface area contributed by atoms with Crippen LogP contribution in [0.5, 0.6) is 0 Å². The van der Waals surface area contributed by atoms with E-state index in [1.54, 1.807) is 18.5 Å². The Kier molecular flexibility index (Phi) is 5.15. The number of fused-ring (bicyclic) bond motifs is 2. The van der Waals surface area contributed by atoms with Crippen LogP contribution in [0.1, 0.15) is 5.82 Å². The quantitative estimate of drug-likeness (QED) is 0.374. The molecule has 170 valence electrons. The molecule has 3 N–H and O–H groups in total. The first-order valence-electron chi connectivity index (χ1n) is 11.2. The van der Waals surface area contributed by atoms with E-state index in [2.05, 4.69) is 42.3 Å². The van der Waals surface area contributed by atoms with Crippen LogP contribution in [0.25, 0.3) is 33.3 Å². The molecule has 0 bridgehead atoms. The van der Waals surface area contributed by atoms with Crippen molar-refractivity contribution >= 4 is 33.3 Å². The number of aromatic amines is 2. The number of rotatable bonds is 5. The van der Waals surface area contributed by atoms with Crippen LogP contribution in [-0.2, 0) is 11.3 Å². The molecule has 1 saturated heterocycles. The molecule has 3 aromatic heterocycles. The van der Waals surface area contributed by atoms with Crippen LogP contribution in [0.2, 0.25) is 0 Å². The maximum atomic E-state index is 13.2. The molecule has 9 nitrogen and oxygen atoms in total. The molecule has 4 heterocycles. The van der Waals surface area contributed by atoms with E-state index in [1.807, 2.05) is 30.3 Å². The van der Waals surface area contributed by atoms with Gasteiger partial charge in [-0.3, -0.25) is 4.79 Å². The van der Waals surface area contributed by atoms with Crippen molar-refractivity contribution < 1.29 is 4.74 Å². The molecule has 1 fully saturated rings. The summed E-state index contributed by atoms with van der Waals surface area (Å²) in [4.78, 5) is 35.3. The van der Waals surface area contributed by atoms with Crippen molar-refractivity contribution in [1.82, 2.24) is 24.9 Å². The summed E-state index contributed by atoms with van der Waals surface area (Å²) in [7, 11) is 0. The summed E-state index contributed by atoms with van der Waals surface area (Å²) in [5.74, 6) is 1.15. The maximum absolute atomic E-state index is 13.2. The van der Waals surface area contributed by atoms with E-state index in [1.165, 1.54) is 0 Å². The van der Waals surface area contributed by atoms with Gasteiger partial charge in [-0.1, -0.05) is 18.2 Å². The molecule has 0 atom stereocenters. The van der Waals surface area contributed by atoms with Crippen molar-refractivity contribution in [2.75, 3.05) is 36.5 Å². The summed E-state index contributed by atoms with van der Waals surface area (Å²) in [5.41, 5.74) is 4.47. The molecule has 0 saturated carbocycles.